The largest absolute Gasteiger partial charge is 0.361 e. The molecule has 0 aliphatic rings. The molecule has 3 aromatic rings. The van der Waals surface area contributed by atoms with Gasteiger partial charge in [0.2, 0.25) is 5.91 Å². The third-order valence-corrected chi connectivity index (χ3v) is 4.91. The van der Waals surface area contributed by atoms with Crippen molar-refractivity contribution in [1.82, 2.24) is 14.8 Å². The van der Waals surface area contributed by atoms with E-state index in [2.05, 4.69) is 64.0 Å². The van der Waals surface area contributed by atoms with Gasteiger partial charge in [0, 0.05) is 35.0 Å². The maximum absolute atomic E-state index is 12.6. The summed E-state index contributed by atoms with van der Waals surface area (Å²) in [6.45, 7) is 12.7. The maximum Gasteiger partial charge on any atom is 0.225 e. The third kappa shape index (κ3) is 4.46. The number of rotatable bonds is 5. The van der Waals surface area contributed by atoms with E-state index in [1.807, 2.05) is 29.1 Å². The van der Waals surface area contributed by atoms with Gasteiger partial charge in [-0.1, -0.05) is 39.0 Å². The lowest BCUT2D eigenvalue weighted by Gasteiger charge is -2.23. The normalized spacial score (nSPS) is 12.5. The summed E-state index contributed by atoms with van der Waals surface area (Å²) in [5.41, 5.74) is 3.13. The first-order chi connectivity index (χ1) is 13.1. The first-order valence-corrected chi connectivity index (χ1v) is 10.0. The van der Waals surface area contributed by atoms with Crippen LogP contribution in [0.5, 0.6) is 0 Å². The number of aryl methyl sites for hydroxylation is 1. The number of benzene rings is 1. The summed E-state index contributed by atoms with van der Waals surface area (Å²) in [5, 5.41) is 9.08. The molecular formula is C23H32N4O. The first kappa shape index (κ1) is 20.2. The van der Waals surface area contributed by atoms with Gasteiger partial charge in [0.25, 0.3) is 0 Å². The topological polar surface area (TPSA) is 62.7 Å². The minimum atomic E-state index is -0.198. The number of carbonyl (C=O) groups is 1. The van der Waals surface area contributed by atoms with Crippen molar-refractivity contribution in [2.75, 3.05) is 5.32 Å². The predicted molar refractivity (Wildman–Crippen MR) is 116 cm³/mol. The number of H-pyrrole nitrogens is 1. The van der Waals surface area contributed by atoms with E-state index in [4.69, 9.17) is 5.10 Å². The SMILES string of the molecule is CC(C)(C)c1cc(NC(=O)CCCc2c[nH]c3ccccc23)n(C(C)(C)C)n1. The van der Waals surface area contributed by atoms with Crippen molar-refractivity contribution in [2.45, 2.75) is 71.8 Å². The summed E-state index contributed by atoms with van der Waals surface area (Å²) >= 11 is 0. The Hall–Kier alpha value is -2.56. The van der Waals surface area contributed by atoms with Crippen LogP contribution in [-0.4, -0.2) is 20.7 Å². The molecule has 0 atom stereocenters. The van der Waals surface area contributed by atoms with E-state index in [9.17, 15) is 4.79 Å². The molecule has 2 N–H and O–H groups in total. The second-order valence-corrected chi connectivity index (χ2v) is 9.51. The number of aromatic nitrogens is 3. The van der Waals surface area contributed by atoms with E-state index in [1.165, 1.54) is 10.9 Å². The van der Waals surface area contributed by atoms with Crippen LogP contribution in [0.1, 0.15) is 65.6 Å². The van der Waals surface area contributed by atoms with Crippen molar-refractivity contribution in [1.29, 1.82) is 0 Å². The highest BCUT2D eigenvalue weighted by Crippen LogP contribution is 2.28. The van der Waals surface area contributed by atoms with E-state index in [0.29, 0.717) is 6.42 Å². The molecule has 2 heterocycles. The van der Waals surface area contributed by atoms with Crippen LogP contribution in [-0.2, 0) is 22.2 Å². The third-order valence-electron chi connectivity index (χ3n) is 4.91. The molecule has 5 nitrogen and oxygen atoms in total. The molecule has 0 aliphatic carbocycles. The number of aromatic amines is 1. The van der Waals surface area contributed by atoms with E-state index >= 15 is 0 Å². The van der Waals surface area contributed by atoms with Gasteiger partial charge in [-0.2, -0.15) is 5.10 Å². The van der Waals surface area contributed by atoms with Crippen molar-refractivity contribution < 1.29 is 4.79 Å². The highest BCUT2D eigenvalue weighted by Gasteiger charge is 2.25. The Morgan fingerprint density at radius 1 is 1.14 bits per heavy atom. The van der Waals surface area contributed by atoms with Gasteiger partial charge in [-0.15, -0.1) is 0 Å². The molecule has 1 amide bonds. The zero-order chi connectivity index (χ0) is 20.5. The minimum Gasteiger partial charge on any atom is -0.361 e. The van der Waals surface area contributed by atoms with Crippen LogP contribution >= 0.6 is 0 Å². The van der Waals surface area contributed by atoms with Gasteiger partial charge in [0.15, 0.2) is 0 Å². The van der Waals surface area contributed by atoms with Crippen molar-refractivity contribution in [3.05, 3.63) is 47.8 Å². The van der Waals surface area contributed by atoms with Crippen molar-refractivity contribution in [3.8, 4) is 0 Å². The number of amides is 1. The summed E-state index contributed by atoms with van der Waals surface area (Å²) in [6, 6.07) is 10.3. The number of hydrogen-bond acceptors (Lipinski definition) is 2. The quantitative estimate of drug-likeness (QED) is 0.624. The number of fused-ring (bicyclic) bond motifs is 1. The van der Waals surface area contributed by atoms with Gasteiger partial charge < -0.3 is 10.3 Å². The number of hydrogen-bond donors (Lipinski definition) is 2. The molecule has 0 saturated carbocycles. The molecule has 2 aromatic heterocycles. The van der Waals surface area contributed by atoms with Crippen molar-refractivity contribution >= 4 is 22.6 Å². The molecule has 0 radical (unpaired) electrons. The highest BCUT2D eigenvalue weighted by atomic mass is 16.1. The molecular weight excluding hydrogens is 348 g/mol. The van der Waals surface area contributed by atoms with E-state index in [1.54, 1.807) is 0 Å². The molecule has 28 heavy (non-hydrogen) atoms. The van der Waals surface area contributed by atoms with Gasteiger partial charge in [-0.3, -0.25) is 4.79 Å². The number of nitrogens with one attached hydrogen (secondary N) is 2. The molecule has 1 aromatic carbocycles. The Morgan fingerprint density at radius 2 is 1.86 bits per heavy atom. The monoisotopic (exact) mass is 380 g/mol. The Kier molecular flexibility index (Phi) is 5.37. The fourth-order valence-corrected chi connectivity index (χ4v) is 3.33. The lowest BCUT2D eigenvalue weighted by Crippen LogP contribution is -2.27. The predicted octanol–water partition coefficient (Wildman–Crippen LogP) is 5.38. The van der Waals surface area contributed by atoms with Crippen molar-refractivity contribution in [2.24, 2.45) is 0 Å². The van der Waals surface area contributed by atoms with Crippen LogP contribution in [0.4, 0.5) is 5.82 Å². The van der Waals surface area contributed by atoms with Crippen LogP contribution in [0.25, 0.3) is 10.9 Å². The smallest absolute Gasteiger partial charge is 0.225 e. The fourth-order valence-electron chi connectivity index (χ4n) is 3.33. The lowest BCUT2D eigenvalue weighted by atomic mass is 9.92. The van der Waals surface area contributed by atoms with E-state index in [0.717, 1.165) is 29.9 Å². The lowest BCUT2D eigenvalue weighted by molar-refractivity contribution is -0.116. The zero-order valence-corrected chi connectivity index (χ0v) is 17.9. The molecule has 3 rings (SSSR count). The first-order valence-electron chi connectivity index (χ1n) is 10.0. The Bertz CT molecular complexity index is 967. The molecule has 0 spiro atoms. The van der Waals surface area contributed by atoms with Crippen molar-refractivity contribution in [3.63, 3.8) is 0 Å². The molecule has 0 bridgehead atoms. The zero-order valence-electron chi connectivity index (χ0n) is 17.9. The van der Waals surface area contributed by atoms with Gasteiger partial charge >= 0.3 is 0 Å². The number of carbonyl (C=O) groups excluding carboxylic acids is 1. The Balaban J connectivity index is 1.65. The number of para-hydroxylation sites is 1. The minimum absolute atomic E-state index is 0.0331. The summed E-state index contributed by atoms with van der Waals surface area (Å²) in [7, 11) is 0. The molecule has 0 unspecified atom stereocenters. The number of anilines is 1. The Labute approximate surface area is 167 Å². The molecule has 5 heteroatoms. The van der Waals surface area contributed by atoms with Crippen LogP contribution in [0, 0.1) is 0 Å². The second-order valence-electron chi connectivity index (χ2n) is 9.51. The Morgan fingerprint density at radius 3 is 2.54 bits per heavy atom. The summed E-state index contributed by atoms with van der Waals surface area (Å²) in [6.07, 6.45) is 4.22. The average Bonchev–Trinajstić information content (AvgIpc) is 3.19. The van der Waals surface area contributed by atoms with E-state index < -0.39 is 0 Å². The summed E-state index contributed by atoms with van der Waals surface area (Å²) in [4.78, 5) is 15.9. The van der Waals surface area contributed by atoms with Gasteiger partial charge in [-0.05, 0) is 45.2 Å². The summed E-state index contributed by atoms with van der Waals surface area (Å²) in [5.74, 6) is 0.806. The van der Waals surface area contributed by atoms with Gasteiger partial charge in [0.1, 0.15) is 5.82 Å². The molecule has 0 saturated heterocycles. The standard InChI is InChI=1S/C23H32N4O/c1-22(2,3)19-14-20(27(26-19)23(4,5)6)25-21(28)13-9-10-16-15-24-18-12-8-7-11-17(16)18/h7-8,11-12,14-15,24H,9-10,13H2,1-6H3,(H,25,28). The summed E-state index contributed by atoms with van der Waals surface area (Å²) < 4.78 is 1.92. The fraction of sp³-hybridized carbons (Fsp3) is 0.478. The highest BCUT2D eigenvalue weighted by molar-refractivity contribution is 5.90. The van der Waals surface area contributed by atoms with Gasteiger partial charge in [-0.25, -0.2) is 4.68 Å². The maximum atomic E-state index is 12.6. The van der Waals surface area contributed by atoms with E-state index in [-0.39, 0.29) is 16.9 Å². The van der Waals surface area contributed by atoms with Crippen LogP contribution in [0.3, 0.4) is 0 Å². The van der Waals surface area contributed by atoms with Gasteiger partial charge in [0.05, 0.1) is 11.2 Å². The van der Waals surface area contributed by atoms with Crippen LogP contribution in [0.15, 0.2) is 36.5 Å². The molecule has 150 valence electrons. The molecule has 0 fully saturated rings. The second kappa shape index (κ2) is 7.46. The average molecular weight is 381 g/mol. The number of nitrogens with zero attached hydrogens (tertiary/aromatic N) is 2. The van der Waals surface area contributed by atoms with Crippen LogP contribution < -0.4 is 5.32 Å². The van der Waals surface area contributed by atoms with Crippen LogP contribution in [0.2, 0.25) is 0 Å². The molecule has 0 aliphatic heterocycles.